The van der Waals surface area contributed by atoms with Crippen molar-refractivity contribution < 1.29 is 9.18 Å². The van der Waals surface area contributed by atoms with Gasteiger partial charge in [0.15, 0.2) is 0 Å². The molecule has 20 heavy (non-hydrogen) atoms. The Hall–Kier alpha value is -2.34. The number of urea groups is 1. The van der Waals surface area contributed by atoms with Crippen LogP contribution in [0, 0.1) is 5.82 Å². The Morgan fingerprint density at radius 1 is 1.25 bits per heavy atom. The summed E-state index contributed by atoms with van der Waals surface area (Å²) in [6.07, 6.45) is 1.43. The molecule has 0 bridgehead atoms. The highest BCUT2D eigenvalue weighted by Crippen LogP contribution is 2.13. The van der Waals surface area contributed by atoms with E-state index in [-0.39, 0.29) is 10.6 Å². The van der Waals surface area contributed by atoms with Crippen molar-refractivity contribution in [3.05, 3.63) is 57.7 Å². The van der Waals surface area contributed by atoms with E-state index in [1.807, 2.05) is 0 Å². The van der Waals surface area contributed by atoms with Crippen molar-refractivity contribution in [2.45, 2.75) is 0 Å². The van der Waals surface area contributed by atoms with E-state index in [1.165, 1.54) is 42.1 Å². The third kappa shape index (κ3) is 3.36. The largest absolute Gasteiger partial charge is 0.323 e. The minimum Gasteiger partial charge on any atom is -0.315 e. The number of nitrogens with one attached hydrogen (secondary N) is 2. The molecule has 0 radical (unpaired) electrons. The molecule has 0 aliphatic heterocycles. The van der Waals surface area contributed by atoms with Crippen molar-refractivity contribution >= 4 is 29.0 Å². The Morgan fingerprint density at radius 3 is 2.60 bits per heavy atom. The molecule has 5 nitrogen and oxygen atoms in total. The predicted molar refractivity (Wildman–Crippen MR) is 75.7 cm³/mol. The first kappa shape index (κ1) is 14.1. The second-order valence-corrected chi connectivity index (χ2v) is 4.49. The zero-order valence-corrected chi connectivity index (χ0v) is 11.2. The molecule has 0 saturated heterocycles. The van der Waals surface area contributed by atoms with Crippen LogP contribution in [0.25, 0.3) is 0 Å². The summed E-state index contributed by atoms with van der Waals surface area (Å²) in [5, 5.41) is 4.96. The normalized spacial score (nSPS) is 10.2. The van der Waals surface area contributed by atoms with Crippen LogP contribution in [0.2, 0.25) is 5.02 Å². The molecule has 2 amide bonds. The lowest BCUT2D eigenvalue weighted by atomic mass is 10.3. The first-order valence-electron chi connectivity index (χ1n) is 5.65. The Balaban J connectivity index is 2.10. The Bertz CT molecular complexity index is 689. The van der Waals surface area contributed by atoms with E-state index in [0.717, 1.165) is 0 Å². The fourth-order valence-corrected chi connectivity index (χ4v) is 1.85. The molecule has 1 aromatic carbocycles. The lowest BCUT2D eigenvalue weighted by Gasteiger charge is -2.09. The van der Waals surface area contributed by atoms with Gasteiger partial charge in [-0.05, 0) is 24.3 Å². The number of hydrogen-bond acceptors (Lipinski definition) is 2. The number of halogens is 2. The van der Waals surface area contributed by atoms with Gasteiger partial charge in [-0.15, -0.1) is 0 Å². The van der Waals surface area contributed by atoms with Gasteiger partial charge in [0, 0.05) is 18.9 Å². The van der Waals surface area contributed by atoms with Crippen LogP contribution in [-0.4, -0.2) is 10.6 Å². The summed E-state index contributed by atoms with van der Waals surface area (Å²) in [6.45, 7) is 0. The quantitative estimate of drug-likeness (QED) is 0.895. The molecule has 1 heterocycles. The zero-order chi connectivity index (χ0) is 14.7. The minimum absolute atomic E-state index is 0.00365. The second-order valence-electron chi connectivity index (χ2n) is 4.08. The van der Waals surface area contributed by atoms with Gasteiger partial charge in [-0.1, -0.05) is 17.7 Å². The highest BCUT2D eigenvalue weighted by Gasteiger charge is 2.06. The van der Waals surface area contributed by atoms with Gasteiger partial charge in [0.1, 0.15) is 10.8 Å². The number of aromatic nitrogens is 1. The number of anilines is 2. The number of hydrogen-bond donors (Lipinski definition) is 2. The molecule has 2 rings (SSSR count). The molecule has 0 atom stereocenters. The molecule has 2 aromatic rings. The fourth-order valence-electron chi connectivity index (χ4n) is 1.60. The average molecular weight is 296 g/mol. The van der Waals surface area contributed by atoms with Crippen molar-refractivity contribution in [2.24, 2.45) is 7.05 Å². The van der Waals surface area contributed by atoms with Gasteiger partial charge in [0.25, 0.3) is 5.56 Å². The Kier molecular flexibility index (Phi) is 4.05. The van der Waals surface area contributed by atoms with Crippen molar-refractivity contribution in [3.63, 3.8) is 0 Å². The molecule has 104 valence electrons. The van der Waals surface area contributed by atoms with Crippen LogP contribution in [0.4, 0.5) is 20.6 Å². The van der Waals surface area contributed by atoms with Gasteiger partial charge < -0.3 is 15.2 Å². The fraction of sp³-hybridized carbons (Fsp3) is 0.0769. The number of amides is 2. The lowest BCUT2D eigenvalue weighted by Crippen LogP contribution is -2.22. The van der Waals surface area contributed by atoms with Gasteiger partial charge in [-0.3, -0.25) is 4.79 Å². The number of nitrogens with zero attached hydrogens (tertiary/aromatic N) is 1. The number of carbonyl (C=O) groups is 1. The second kappa shape index (κ2) is 5.75. The molecule has 2 N–H and O–H groups in total. The molecular weight excluding hydrogens is 285 g/mol. The summed E-state index contributed by atoms with van der Waals surface area (Å²) in [4.78, 5) is 23.1. The van der Waals surface area contributed by atoms with Gasteiger partial charge in [0.2, 0.25) is 0 Å². The van der Waals surface area contributed by atoms with E-state index >= 15 is 0 Å². The van der Waals surface area contributed by atoms with Crippen LogP contribution in [-0.2, 0) is 7.05 Å². The monoisotopic (exact) mass is 295 g/mol. The molecule has 1 aromatic heterocycles. The van der Waals surface area contributed by atoms with Crippen LogP contribution in [0.1, 0.15) is 0 Å². The summed E-state index contributed by atoms with van der Waals surface area (Å²) < 4.78 is 14.2. The van der Waals surface area contributed by atoms with Crippen molar-refractivity contribution in [1.29, 1.82) is 0 Å². The van der Waals surface area contributed by atoms with Crippen LogP contribution in [0.15, 0.2) is 41.3 Å². The van der Waals surface area contributed by atoms with E-state index in [2.05, 4.69) is 10.6 Å². The first-order valence-corrected chi connectivity index (χ1v) is 6.03. The van der Waals surface area contributed by atoms with Crippen molar-refractivity contribution in [3.8, 4) is 0 Å². The summed E-state index contributed by atoms with van der Waals surface area (Å²) >= 11 is 5.73. The summed E-state index contributed by atoms with van der Waals surface area (Å²) in [5.41, 5.74) is 0.312. The number of carbonyl (C=O) groups excluding carboxylic acids is 1. The minimum atomic E-state index is -0.565. The number of pyridine rings is 1. The maximum Gasteiger partial charge on any atom is 0.323 e. The maximum absolute atomic E-state index is 13.0. The molecule has 0 saturated carbocycles. The summed E-state index contributed by atoms with van der Waals surface area (Å²) in [7, 11) is 1.52. The number of rotatable bonds is 2. The molecule has 0 spiro atoms. The molecule has 0 fully saturated rings. The van der Waals surface area contributed by atoms with E-state index < -0.39 is 11.8 Å². The van der Waals surface area contributed by atoms with Gasteiger partial charge in [-0.25, -0.2) is 9.18 Å². The zero-order valence-electron chi connectivity index (χ0n) is 10.5. The van der Waals surface area contributed by atoms with Crippen LogP contribution in [0.5, 0.6) is 0 Å². The molecule has 0 aliphatic carbocycles. The average Bonchev–Trinajstić information content (AvgIpc) is 2.35. The third-order valence-corrected chi connectivity index (χ3v) is 2.75. The molecule has 0 aliphatic rings. The Labute approximate surface area is 119 Å². The van der Waals surface area contributed by atoms with Crippen LogP contribution < -0.4 is 16.2 Å². The summed E-state index contributed by atoms with van der Waals surface area (Å²) in [6, 6.07) is 6.27. The van der Waals surface area contributed by atoms with Gasteiger partial charge in [0.05, 0.1) is 5.69 Å². The number of benzene rings is 1. The summed E-state index contributed by atoms with van der Waals surface area (Å²) in [5.74, 6) is -0.451. The van der Waals surface area contributed by atoms with Crippen LogP contribution in [0.3, 0.4) is 0 Å². The van der Waals surface area contributed by atoms with E-state index in [4.69, 9.17) is 11.6 Å². The predicted octanol–water partition coefficient (Wildman–Crippen LogP) is 2.82. The lowest BCUT2D eigenvalue weighted by molar-refractivity contribution is 0.262. The SMILES string of the molecule is Cn1cc(NC(=O)Nc2cccc(F)c2)cc(Cl)c1=O. The van der Waals surface area contributed by atoms with Crippen molar-refractivity contribution in [2.75, 3.05) is 10.6 Å². The number of aryl methyl sites for hydroxylation is 1. The highest BCUT2D eigenvalue weighted by atomic mass is 35.5. The van der Waals surface area contributed by atoms with E-state index in [9.17, 15) is 14.0 Å². The van der Waals surface area contributed by atoms with Gasteiger partial charge in [-0.2, -0.15) is 0 Å². The van der Waals surface area contributed by atoms with Gasteiger partial charge >= 0.3 is 6.03 Å². The van der Waals surface area contributed by atoms with Crippen LogP contribution >= 0.6 is 11.6 Å². The topological polar surface area (TPSA) is 63.1 Å². The Morgan fingerprint density at radius 2 is 1.95 bits per heavy atom. The molecule has 0 unspecified atom stereocenters. The smallest absolute Gasteiger partial charge is 0.315 e. The highest BCUT2D eigenvalue weighted by molar-refractivity contribution is 6.30. The maximum atomic E-state index is 13.0. The van der Waals surface area contributed by atoms with E-state index in [0.29, 0.717) is 11.4 Å². The van der Waals surface area contributed by atoms with Crippen molar-refractivity contribution in [1.82, 2.24) is 4.57 Å². The first-order chi connectivity index (χ1) is 9.45. The standard InChI is InChI=1S/C13H11ClFN3O2/c1-18-7-10(6-11(14)12(18)19)17-13(20)16-9-4-2-3-8(15)5-9/h2-7H,1H3,(H2,16,17,20). The third-order valence-electron chi connectivity index (χ3n) is 2.48. The van der Waals surface area contributed by atoms with E-state index in [1.54, 1.807) is 6.07 Å². The molecule has 7 heteroatoms. The molecular formula is C13H11ClFN3O2.